The van der Waals surface area contributed by atoms with Gasteiger partial charge in [-0.3, -0.25) is 0 Å². The minimum atomic E-state index is -0.0562. The summed E-state index contributed by atoms with van der Waals surface area (Å²) in [6.45, 7) is 2.80. The van der Waals surface area contributed by atoms with E-state index in [-0.39, 0.29) is 17.9 Å². The largest absolute Gasteiger partial charge is 0.330 e. The third kappa shape index (κ3) is 2.99. The molecule has 3 nitrogen and oxygen atoms in total. The van der Waals surface area contributed by atoms with Crippen molar-refractivity contribution in [2.24, 2.45) is 16.0 Å². The molecule has 1 atom stereocenters. The molecule has 11 heavy (non-hydrogen) atoms. The minimum Gasteiger partial charge on any atom is -0.330 e. The molecule has 0 saturated heterocycles. The molecule has 0 bridgehead atoms. The van der Waals surface area contributed by atoms with E-state index >= 15 is 0 Å². The Morgan fingerprint density at radius 1 is 1.55 bits per heavy atom. The Morgan fingerprint density at radius 3 is 2.73 bits per heavy atom. The highest BCUT2D eigenvalue weighted by atomic mass is 35.5. The van der Waals surface area contributed by atoms with Gasteiger partial charge in [0.1, 0.15) is 0 Å². The average Bonchev–Trinajstić information content (AvgIpc) is 2.33. The predicted molar refractivity (Wildman–Crippen MR) is 47.9 cm³/mol. The Bertz CT molecular complexity index is 153. The van der Waals surface area contributed by atoms with Crippen molar-refractivity contribution in [3.63, 3.8) is 0 Å². The van der Waals surface area contributed by atoms with E-state index < -0.39 is 0 Å². The Morgan fingerprint density at radius 2 is 2.27 bits per heavy atom. The number of nitrogens with two attached hydrogens (primary N) is 1. The third-order valence-corrected chi connectivity index (χ3v) is 1.67. The van der Waals surface area contributed by atoms with E-state index in [0.717, 1.165) is 19.4 Å². The minimum absolute atomic E-state index is 0. The van der Waals surface area contributed by atoms with Crippen LogP contribution in [0.5, 0.6) is 0 Å². The number of nitrogens with zero attached hydrogens (tertiary/aromatic N) is 2. The molecule has 2 N–H and O–H groups in total. The highest BCUT2D eigenvalue weighted by Gasteiger charge is 2.21. The molecule has 1 unspecified atom stereocenters. The van der Waals surface area contributed by atoms with Crippen molar-refractivity contribution in [1.29, 1.82) is 0 Å². The van der Waals surface area contributed by atoms with Crippen molar-refractivity contribution in [1.82, 2.24) is 0 Å². The monoisotopic (exact) mass is 175 g/mol. The lowest BCUT2D eigenvalue weighted by Gasteiger charge is -2.14. The van der Waals surface area contributed by atoms with Gasteiger partial charge in [-0.05, 0) is 32.4 Å². The molecule has 1 aliphatic rings. The molecule has 0 aromatic carbocycles. The van der Waals surface area contributed by atoms with E-state index in [0.29, 0.717) is 0 Å². The molecule has 4 heteroatoms. The van der Waals surface area contributed by atoms with Crippen LogP contribution < -0.4 is 5.73 Å². The van der Waals surface area contributed by atoms with Crippen molar-refractivity contribution in [3.8, 4) is 0 Å². The topological polar surface area (TPSA) is 50.7 Å². The maximum absolute atomic E-state index is 5.37. The zero-order valence-electron chi connectivity index (χ0n) is 6.66. The first-order valence-electron chi connectivity index (χ1n) is 3.57. The molecule has 1 aliphatic heterocycles. The average molecular weight is 176 g/mol. The van der Waals surface area contributed by atoms with Crippen LogP contribution >= 0.6 is 12.4 Å². The summed E-state index contributed by atoms with van der Waals surface area (Å²) in [5, 5.41) is 7.86. The normalized spacial score (nSPS) is 27.1. The molecule has 0 amide bonds. The Balaban J connectivity index is 0.000001000. The number of hydrogen-bond acceptors (Lipinski definition) is 3. The second-order valence-electron chi connectivity index (χ2n) is 2.78. The summed E-state index contributed by atoms with van der Waals surface area (Å²) in [7, 11) is 0. The number of halogens is 1. The Hall–Kier alpha value is -0.410. The fourth-order valence-electron chi connectivity index (χ4n) is 0.986. The summed E-state index contributed by atoms with van der Waals surface area (Å²) in [6, 6.07) is 0. The summed E-state index contributed by atoms with van der Waals surface area (Å²) in [5.74, 6) is 0. The molecule has 0 aliphatic carbocycles. The molecule has 0 aromatic heterocycles. The van der Waals surface area contributed by atoms with Crippen molar-refractivity contribution >= 4 is 12.4 Å². The molecule has 0 spiro atoms. The fraction of sp³-hybridized carbons (Fsp3) is 0.714. The lowest BCUT2D eigenvalue weighted by atomic mass is 9.98. The van der Waals surface area contributed by atoms with Gasteiger partial charge in [-0.25, -0.2) is 0 Å². The first-order valence-corrected chi connectivity index (χ1v) is 3.57. The van der Waals surface area contributed by atoms with Crippen LogP contribution in [-0.2, 0) is 0 Å². The van der Waals surface area contributed by atoms with E-state index in [1.165, 1.54) is 0 Å². The van der Waals surface area contributed by atoms with Gasteiger partial charge in [0.25, 0.3) is 0 Å². The molecule has 0 radical (unpaired) electrons. The highest BCUT2D eigenvalue weighted by molar-refractivity contribution is 5.85. The third-order valence-electron chi connectivity index (χ3n) is 1.67. The van der Waals surface area contributed by atoms with Gasteiger partial charge >= 0.3 is 0 Å². The van der Waals surface area contributed by atoms with Crippen LogP contribution in [-0.4, -0.2) is 12.1 Å². The molecule has 0 aromatic rings. The lowest BCUT2D eigenvalue weighted by molar-refractivity contribution is 0.511. The molecule has 0 fully saturated rings. The Labute approximate surface area is 73.2 Å². The smallest absolute Gasteiger partial charge is 0.0990 e. The fourth-order valence-corrected chi connectivity index (χ4v) is 0.986. The summed E-state index contributed by atoms with van der Waals surface area (Å²) in [5.41, 5.74) is 5.31. The van der Waals surface area contributed by atoms with Gasteiger partial charge in [0, 0.05) is 6.20 Å². The maximum Gasteiger partial charge on any atom is 0.0990 e. The second-order valence-corrected chi connectivity index (χ2v) is 2.78. The summed E-state index contributed by atoms with van der Waals surface area (Å²) >= 11 is 0. The van der Waals surface area contributed by atoms with Gasteiger partial charge in [0.15, 0.2) is 0 Å². The second kappa shape index (κ2) is 4.46. The van der Waals surface area contributed by atoms with Crippen LogP contribution in [0, 0.1) is 0 Å². The maximum atomic E-state index is 5.37. The van der Waals surface area contributed by atoms with Crippen molar-refractivity contribution in [3.05, 3.63) is 12.3 Å². The SMILES string of the molecule is CC1(CCCN)C=CN=N1.Cl. The van der Waals surface area contributed by atoms with E-state index in [9.17, 15) is 0 Å². The van der Waals surface area contributed by atoms with Gasteiger partial charge in [-0.15, -0.1) is 12.4 Å². The van der Waals surface area contributed by atoms with Crippen molar-refractivity contribution in [2.45, 2.75) is 25.3 Å². The van der Waals surface area contributed by atoms with Crippen LogP contribution in [0.2, 0.25) is 0 Å². The summed E-state index contributed by atoms with van der Waals surface area (Å²) in [4.78, 5) is 0. The van der Waals surface area contributed by atoms with Crippen LogP contribution in [0.4, 0.5) is 0 Å². The van der Waals surface area contributed by atoms with Gasteiger partial charge < -0.3 is 5.73 Å². The van der Waals surface area contributed by atoms with Gasteiger partial charge in [0.05, 0.1) is 5.54 Å². The van der Waals surface area contributed by atoms with E-state index in [2.05, 4.69) is 17.2 Å². The van der Waals surface area contributed by atoms with Crippen molar-refractivity contribution in [2.75, 3.05) is 6.54 Å². The quantitative estimate of drug-likeness (QED) is 0.700. The zero-order valence-corrected chi connectivity index (χ0v) is 7.47. The number of azo groups is 1. The van der Waals surface area contributed by atoms with E-state index in [4.69, 9.17) is 5.73 Å². The molecule has 1 heterocycles. The molecule has 1 rings (SSSR count). The molecule has 64 valence electrons. The van der Waals surface area contributed by atoms with Gasteiger partial charge in [0.2, 0.25) is 0 Å². The van der Waals surface area contributed by atoms with Gasteiger partial charge in [-0.2, -0.15) is 10.2 Å². The Kier molecular flexibility index (Phi) is 4.30. The molecular weight excluding hydrogens is 162 g/mol. The first-order chi connectivity index (χ1) is 4.77. The number of rotatable bonds is 3. The van der Waals surface area contributed by atoms with E-state index in [1.807, 2.05) is 6.08 Å². The van der Waals surface area contributed by atoms with Gasteiger partial charge in [-0.1, -0.05) is 0 Å². The summed E-state index contributed by atoms with van der Waals surface area (Å²) in [6.07, 6.45) is 5.78. The van der Waals surface area contributed by atoms with Crippen molar-refractivity contribution < 1.29 is 0 Å². The molecule has 0 saturated carbocycles. The van der Waals surface area contributed by atoms with Crippen LogP contribution in [0.25, 0.3) is 0 Å². The van der Waals surface area contributed by atoms with Crippen LogP contribution in [0.15, 0.2) is 22.5 Å². The first kappa shape index (κ1) is 10.6. The zero-order chi connectivity index (χ0) is 7.45. The van der Waals surface area contributed by atoms with Crippen LogP contribution in [0.1, 0.15) is 19.8 Å². The van der Waals surface area contributed by atoms with E-state index in [1.54, 1.807) is 6.20 Å². The number of hydrogen-bond donors (Lipinski definition) is 1. The molecular formula is C7H14ClN3. The highest BCUT2D eigenvalue weighted by Crippen LogP contribution is 2.23. The lowest BCUT2D eigenvalue weighted by Crippen LogP contribution is -2.17. The van der Waals surface area contributed by atoms with Crippen LogP contribution in [0.3, 0.4) is 0 Å². The summed E-state index contributed by atoms with van der Waals surface area (Å²) < 4.78 is 0. The predicted octanol–water partition coefficient (Wildman–Crippen LogP) is 1.89. The standard InChI is InChI=1S/C7H13N3.ClH/c1-7(3-2-5-8)4-6-9-10-7;/h4,6H,2-3,5,8H2,1H3;1H.